The van der Waals surface area contributed by atoms with Gasteiger partial charge in [-0.1, -0.05) is 17.7 Å². The van der Waals surface area contributed by atoms with Crippen LogP contribution in [0.25, 0.3) is 0 Å². The fourth-order valence-corrected chi connectivity index (χ4v) is 2.81. The molecule has 1 aromatic heterocycles. The molecule has 0 aliphatic rings. The average Bonchev–Trinajstić information content (AvgIpc) is 2.38. The van der Waals surface area contributed by atoms with E-state index in [0.717, 1.165) is 22.1 Å². The van der Waals surface area contributed by atoms with E-state index in [1.165, 1.54) is 5.56 Å². The van der Waals surface area contributed by atoms with E-state index in [9.17, 15) is 0 Å². The van der Waals surface area contributed by atoms with E-state index in [-0.39, 0.29) is 6.04 Å². The summed E-state index contributed by atoms with van der Waals surface area (Å²) in [6.45, 7) is 0. The Bertz CT molecular complexity index is 490. The number of thioether (sulfide) groups is 1. The van der Waals surface area contributed by atoms with Gasteiger partial charge in [-0.15, -0.1) is 11.8 Å². The highest BCUT2D eigenvalue weighted by atomic mass is 35.5. The first-order valence-corrected chi connectivity index (χ1v) is 7.13. The van der Waals surface area contributed by atoms with Crippen molar-refractivity contribution < 1.29 is 0 Å². The van der Waals surface area contributed by atoms with Crippen molar-refractivity contribution in [3.8, 4) is 0 Å². The highest BCUT2D eigenvalue weighted by molar-refractivity contribution is 7.99. The summed E-state index contributed by atoms with van der Waals surface area (Å²) < 4.78 is 0. The number of nitrogens with two attached hydrogens (primary N) is 1. The lowest BCUT2D eigenvalue weighted by molar-refractivity contribution is 0.748. The molecule has 0 spiro atoms. The quantitative estimate of drug-likeness (QED) is 0.852. The molecule has 0 aliphatic heterocycles. The Morgan fingerprint density at radius 2 is 2.00 bits per heavy atom. The maximum absolute atomic E-state index is 6.12. The topological polar surface area (TPSA) is 38.9 Å². The van der Waals surface area contributed by atoms with Gasteiger partial charge in [0, 0.05) is 34.1 Å². The first kappa shape index (κ1) is 13.4. The third-order valence-electron chi connectivity index (χ3n) is 2.51. The smallest absolute Gasteiger partial charge is 0.0417 e. The molecule has 94 valence electrons. The molecule has 1 unspecified atom stereocenters. The SMILES string of the molecule is NC(CSc1cccc(Cl)c1)Cc1ccncc1. The predicted molar refractivity (Wildman–Crippen MR) is 78.1 cm³/mol. The Labute approximate surface area is 117 Å². The summed E-state index contributed by atoms with van der Waals surface area (Å²) in [4.78, 5) is 5.16. The first-order chi connectivity index (χ1) is 8.74. The average molecular weight is 279 g/mol. The van der Waals surface area contributed by atoms with Gasteiger partial charge in [-0.25, -0.2) is 0 Å². The largest absolute Gasteiger partial charge is 0.327 e. The van der Waals surface area contributed by atoms with Crippen molar-refractivity contribution in [1.29, 1.82) is 0 Å². The second-order valence-electron chi connectivity index (χ2n) is 4.09. The number of rotatable bonds is 5. The zero-order valence-corrected chi connectivity index (χ0v) is 11.5. The molecule has 2 aromatic rings. The third kappa shape index (κ3) is 4.33. The Hall–Kier alpha value is -1.03. The zero-order valence-electron chi connectivity index (χ0n) is 9.92. The number of hydrogen-bond donors (Lipinski definition) is 1. The van der Waals surface area contributed by atoms with Crippen LogP contribution in [0.5, 0.6) is 0 Å². The van der Waals surface area contributed by atoms with Crippen molar-refractivity contribution in [2.45, 2.75) is 17.4 Å². The van der Waals surface area contributed by atoms with E-state index in [1.807, 2.05) is 30.3 Å². The van der Waals surface area contributed by atoms with E-state index < -0.39 is 0 Å². The summed E-state index contributed by atoms with van der Waals surface area (Å²) in [7, 11) is 0. The number of hydrogen-bond acceptors (Lipinski definition) is 3. The lowest BCUT2D eigenvalue weighted by Crippen LogP contribution is -2.25. The molecule has 18 heavy (non-hydrogen) atoms. The first-order valence-electron chi connectivity index (χ1n) is 5.77. The van der Waals surface area contributed by atoms with E-state index in [1.54, 1.807) is 24.2 Å². The minimum absolute atomic E-state index is 0.136. The number of benzene rings is 1. The van der Waals surface area contributed by atoms with Crippen LogP contribution in [0.2, 0.25) is 5.02 Å². The molecule has 0 fully saturated rings. The maximum Gasteiger partial charge on any atom is 0.0417 e. The van der Waals surface area contributed by atoms with Crippen molar-refractivity contribution in [2.24, 2.45) is 5.73 Å². The van der Waals surface area contributed by atoms with Crippen molar-refractivity contribution >= 4 is 23.4 Å². The van der Waals surface area contributed by atoms with Crippen molar-refractivity contribution in [1.82, 2.24) is 4.98 Å². The fraction of sp³-hybridized carbons (Fsp3) is 0.214. The fourth-order valence-electron chi connectivity index (χ4n) is 1.64. The third-order valence-corrected chi connectivity index (χ3v) is 3.92. The van der Waals surface area contributed by atoms with Gasteiger partial charge in [-0.05, 0) is 42.3 Å². The normalized spacial score (nSPS) is 12.3. The van der Waals surface area contributed by atoms with E-state index in [4.69, 9.17) is 17.3 Å². The van der Waals surface area contributed by atoms with Crippen molar-refractivity contribution in [3.63, 3.8) is 0 Å². The van der Waals surface area contributed by atoms with Crippen molar-refractivity contribution in [2.75, 3.05) is 5.75 Å². The Kier molecular flexibility index (Phi) is 5.05. The van der Waals surface area contributed by atoms with Gasteiger partial charge in [0.2, 0.25) is 0 Å². The van der Waals surface area contributed by atoms with E-state index >= 15 is 0 Å². The van der Waals surface area contributed by atoms with Gasteiger partial charge < -0.3 is 5.73 Å². The number of nitrogens with zero attached hydrogens (tertiary/aromatic N) is 1. The molecule has 1 heterocycles. The van der Waals surface area contributed by atoms with Crippen LogP contribution < -0.4 is 5.73 Å². The lowest BCUT2D eigenvalue weighted by atomic mass is 10.1. The van der Waals surface area contributed by atoms with Crippen LogP contribution in [0.15, 0.2) is 53.7 Å². The van der Waals surface area contributed by atoms with Gasteiger partial charge >= 0.3 is 0 Å². The Balaban J connectivity index is 1.83. The summed E-state index contributed by atoms with van der Waals surface area (Å²) in [5.41, 5.74) is 7.34. The number of halogens is 1. The van der Waals surface area contributed by atoms with Crippen LogP contribution >= 0.6 is 23.4 Å². The number of aromatic nitrogens is 1. The van der Waals surface area contributed by atoms with E-state index in [2.05, 4.69) is 11.1 Å². The summed E-state index contributed by atoms with van der Waals surface area (Å²) in [5, 5.41) is 0.766. The van der Waals surface area contributed by atoms with Gasteiger partial charge in [0.1, 0.15) is 0 Å². The molecule has 2 nitrogen and oxygen atoms in total. The van der Waals surface area contributed by atoms with Gasteiger partial charge in [0.25, 0.3) is 0 Å². The highest BCUT2D eigenvalue weighted by Crippen LogP contribution is 2.22. The highest BCUT2D eigenvalue weighted by Gasteiger charge is 2.05. The van der Waals surface area contributed by atoms with Crippen LogP contribution in [0, 0.1) is 0 Å². The molecule has 1 aromatic carbocycles. The summed E-state index contributed by atoms with van der Waals surface area (Å²) >= 11 is 7.68. The molecular formula is C14H15ClN2S. The molecule has 1 atom stereocenters. The standard InChI is InChI=1S/C14H15ClN2S/c15-12-2-1-3-14(9-12)18-10-13(16)8-11-4-6-17-7-5-11/h1-7,9,13H,8,10,16H2. The van der Waals surface area contributed by atoms with Crippen LogP contribution in [-0.2, 0) is 6.42 Å². The minimum Gasteiger partial charge on any atom is -0.327 e. The van der Waals surface area contributed by atoms with Crippen LogP contribution in [0.1, 0.15) is 5.56 Å². The zero-order chi connectivity index (χ0) is 12.8. The Morgan fingerprint density at radius 3 is 2.72 bits per heavy atom. The summed E-state index contributed by atoms with van der Waals surface area (Å²) in [6.07, 6.45) is 4.47. The van der Waals surface area contributed by atoms with Gasteiger partial charge in [0.15, 0.2) is 0 Å². The molecule has 0 saturated carbocycles. The van der Waals surface area contributed by atoms with E-state index in [0.29, 0.717) is 0 Å². The lowest BCUT2D eigenvalue weighted by Gasteiger charge is -2.11. The van der Waals surface area contributed by atoms with Crippen LogP contribution in [0.4, 0.5) is 0 Å². The molecule has 0 amide bonds. The molecule has 0 saturated heterocycles. The molecule has 0 aliphatic carbocycles. The molecule has 0 radical (unpaired) electrons. The Morgan fingerprint density at radius 1 is 1.22 bits per heavy atom. The molecule has 4 heteroatoms. The predicted octanol–water partition coefficient (Wildman–Crippen LogP) is 3.40. The minimum atomic E-state index is 0.136. The van der Waals surface area contributed by atoms with Gasteiger partial charge in [-0.3, -0.25) is 4.98 Å². The maximum atomic E-state index is 6.12. The molecule has 2 rings (SSSR count). The molecule has 0 bridgehead atoms. The second-order valence-corrected chi connectivity index (χ2v) is 5.62. The monoisotopic (exact) mass is 278 g/mol. The number of pyridine rings is 1. The molecule has 2 N–H and O–H groups in total. The second kappa shape index (κ2) is 6.78. The summed E-state index contributed by atoms with van der Waals surface area (Å²) in [5.74, 6) is 0.878. The van der Waals surface area contributed by atoms with Crippen LogP contribution in [-0.4, -0.2) is 16.8 Å². The van der Waals surface area contributed by atoms with Crippen LogP contribution in [0.3, 0.4) is 0 Å². The van der Waals surface area contributed by atoms with Gasteiger partial charge in [-0.2, -0.15) is 0 Å². The van der Waals surface area contributed by atoms with Crippen molar-refractivity contribution in [3.05, 3.63) is 59.4 Å². The van der Waals surface area contributed by atoms with Gasteiger partial charge in [0.05, 0.1) is 0 Å². The molecular weight excluding hydrogens is 264 g/mol. The summed E-state index contributed by atoms with van der Waals surface area (Å²) in [6, 6.07) is 12.0.